The minimum atomic E-state index is -1.44. The van der Waals surface area contributed by atoms with Gasteiger partial charge in [0.15, 0.2) is 11.5 Å². The summed E-state index contributed by atoms with van der Waals surface area (Å²) in [4.78, 5) is 23.7. The van der Waals surface area contributed by atoms with E-state index in [9.17, 15) is 9.59 Å². The summed E-state index contributed by atoms with van der Waals surface area (Å²) in [5.74, 6) is 1.86. The standard InChI is InChI=1S/C20H36O5.C17H21NO2/c1-2-3-4-5-6-7-8-9-10-11-12-13-14-15-16-17-19(21)24-18-25-20(22)23;1-17-8-4-5-12-10-18(2)9-11-6-7-13(19-3)16(20-17)14(11)15(12)17/h9-10H,2-8,11-18H2,1H3,(H,22,23);5-7,15H,4,8-10H2,1-3H3/b10-9-;/t;15?,17-/m.0/s1. The molecule has 4 rings (SSSR count). The Labute approximate surface area is 271 Å². The third kappa shape index (κ3) is 11.7. The Kier molecular flexibility index (Phi) is 15.8. The lowest BCUT2D eigenvalue weighted by Gasteiger charge is -2.36. The molecule has 1 N–H and O–H groups in total. The Morgan fingerprint density at radius 2 is 1.64 bits per heavy atom. The van der Waals surface area contributed by atoms with Gasteiger partial charge in [-0.1, -0.05) is 82.6 Å². The molecule has 0 radical (unpaired) electrons. The number of nitrogens with zero attached hydrogens (tertiary/aromatic N) is 1. The largest absolute Gasteiger partial charge is 0.508 e. The highest BCUT2D eigenvalue weighted by Crippen LogP contribution is 2.57. The van der Waals surface area contributed by atoms with Crippen LogP contribution in [0.2, 0.25) is 0 Å². The van der Waals surface area contributed by atoms with Gasteiger partial charge < -0.3 is 24.1 Å². The smallest absolute Gasteiger partial charge is 0.493 e. The van der Waals surface area contributed by atoms with E-state index in [2.05, 4.69) is 65.6 Å². The fourth-order valence-corrected chi connectivity index (χ4v) is 6.75. The average Bonchev–Trinajstić information content (AvgIpc) is 3.24. The van der Waals surface area contributed by atoms with Crippen LogP contribution in [-0.4, -0.2) is 55.2 Å². The zero-order valence-corrected chi connectivity index (χ0v) is 28.2. The lowest BCUT2D eigenvalue weighted by molar-refractivity contribution is -0.152. The molecule has 0 bridgehead atoms. The molecule has 1 aliphatic carbocycles. The molecule has 1 aromatic carbocycles. The van der Waals surface area contributed by atoms with E-state index in [-0.39, 0.29) is 5.60 Å². The predicted octanol–water partition coefficient (Wildman–Crippen LogP) is 9.31. The van der Waals surface area contributed by atoms with Crippen LogP contribution in [0.1, 0.15) is 134 Å². The van der Waals surface area contributed by atoms with E-state index in [1.54, 1.807) is 7.11 Å². The van der Waals surface area contributed by atoms with Crippen molar-refractivity contribution in [3.05, 3.63) is 47.1 Å². The fraction of sp³-hybridized carbons (Fsp3) is 0.676. The number of hydrogen-bond donors (Lipinski definition) is 1. The number of rotatable bonds is 18. The zero-order chi connectivity index (χ0) is 32.5. The second-order valence-corrected chi connectivity index (χ2v) is 12.9. The molecule has 0 aromatic heterocycles. The molecule has 0 fully saturated rings. The van der Waals surface area contributed by atoms with Crippen molar-refractivity contribution in [1.82, 2.24) is 4.90 Å². The highest BCUT2D eigenvalue weighted by molar-refractivity contribution is 5.69. The van der Waals surface area contributed by atoms with Crippen molar-refractivity contribution >= 4 is 12.1 Å². The third-order valence-corrected chi connectivity index (χ3v) is 9.06. The molecule has 252 valence electrons. The number of allylic oxidation sites excluding steroid dienone is 3. The van der Waals surface area contributed by atoms with Gasteiger partial charge in [0.25, 0.3) is 0 Å². The molecular formula is C37H57NO7. The maximum absolute atomic E-state index is 11.3. The van der Waals surface area contributed by atoms with Crippen molar-refractivity contribution in [3.8, 4) is 11.5 Å². The van der Waals surface area contributed by atoms with Crippen molar-refractivity contribution in [2.45, 2.75) is 135 Å². The van der Waals surface area contributed by atoms with Crippen molar-refractivity contribution < 1.29 is 33.6 Å². The Morgan fingerprint density at radius 1 is 0.978 bits per heavy atom. The number of carbonyl (C=O) groups excluding carboxylic acids is 1. The lowest BCUT2D eigenvalue weighted by Crippen LogP contribution is -2.38. The summed E-state index contributed by atoms with van der Waals surface area (Å²) in [5.41, 5.74) is 4.19. The van der Waals surface area contributed by atoms with Gasteiger partial charge in [-0.2, -0.15) is 0 Å². The first-order chi connectivity index (χ1) is 21.8. The molecule has 0 saturated carbocycles. The van der Waals surface area contributed by atoms with Crippen LogP contribution in [0, 0.1) is 0 Å². The summed E-state index contributed by atoms with van der Waals surface area (Å²) >= 11 is 0. The van der Waals surface area contributed by atoms with E-state index in [1.807, 2.05) is 0 Å². The van der Waals surface area contributed by atoms with Gasteiger partial charge in [0.1, 0.15) is 5.60 Å². The molecule has 0 saturated heterocycles. The van der Waals surface area contributed by atoms with E-state index in [1.165, 1.54) is 74.5 Å². The Morgan fingerprint density at radius 3 is 2.31 bits per heavy atom. The van der Waals surface area contributed by atoms with E-state index in [0.717, 1.165) is 63.1 Å². The van der Waals surface area contributed by atoms with E-state index >= 15 is 0 Å². The highest BCUT2D eigenvalue weighted by Gasteiger charge is 2.51. The molecule has 2 aliphatic heterocycles. The van der Waals surface area contributed by atoms with Crippen LogP contribution in [0.4, 0.5) is 4.79 Å². The van der Waals surface area contributed by atoms with Gasteiger partial charge in [-0.3, -0.25) is 9.69 Å². The minimum absolute atomic E-state index is 0.0962. The van der Waals surface area contributed by atoms with Gasteiger partial charge in [0.05, 0.1) is 7.11 Å². The van der Waals surface area contributed by atoms with Crippen molar-refractivity contribution in [1.29, 1.82) is 0 Å². The Hall–Kier alpha value is -3.00. The molecule has 2 atom stereocenters. The van der Waals surface area contributed by atoms with Crippen molar-refractivity contribution in [2.24, 2.45) is 0 Å². The molecule has 45 heavy (non-hydrogen) atoms. The quantitative estimate of drug-likeness (QED) is 0.0745. The summed E-state index contributed by atoms with van der Waals surface area (Å²) in [6, 6.07) is 4.26. The molecular weight excluding hydrogens is 570 g/mol. The van der Waals surface area contributed by atoms with E-state index < -0.39 is 18.9 Å². The Bertz CT molecular complexity index is 1130. The van der Waals surface area contributed by atoms with Crippen LogP contribution in [-0.2, 0) is 20.8 Å². The van der Waals surface area contributed by atoms with Crippen LogP contribution < -0.4 is 9.47 Å². The summed E-state index contributed by atoms with van der Waals surface area (Å²) in [5, 5.41) is 8.22. The molecule has 8 heteroatoms. The summed E-state index contributed by atoms with van der Waals surface area (Å²) in [6.45, 7) is 6.02. The SMILES string of the molecule is CCCCCCCC/C=C\CCCCCCCC(=O)OCOC(=O)O.COc1ccc2c3c1O[C@@]1(C)CCC=C(CN(C)C2)C31. The number of unbranched alkanes of at least 4 members (excludes halogenated alkanes) is 11. The van der Waals surface area contributed by atoms with Crippen molar-refractivity contribution in [2.75, 3.05) is 27.5 Å². The summed E-state index contributed by atoms with van der Waals surface area (Å²) in [7, 11) is 3.93. The number of carboxylic acid groups (broad SMARTS) is 1. The van der Waals surface area contributed by atoms with Crippen molar-refractivity contribution in [3.63, 3.8) is 0 Å². The van der Waals surface area contributed by atoms with Crippen LogP contribution >= 0.6 is 0 Å². The number of ether oxygens (including phenoxy) is 4. The summed E-state index contributed by atoms with van der Waals surface area (Å²) < 4.78 is 20.7. The van der Waals surface area contributed by atoms with Crippen LogP contribution in [0.3, 0.4) is 0 Å². The van der Waals surface area contributed by atoms with Gasteiger partial charge in [-0.15, -0.1) is 0 Å². The molecule has 1 unspecified atom stereocenters. The number of carbonyl (C=O) groups is 2. The topological polar surface area (TPSA) is 94.5 Å². The highest BCUT2D eigenvalue weighted by atomic mass is 16.7. The van der Waals surface area contributed by atoms with Crippen LogP contribution in [0.25, 0.3) is 0 Å². The average molecular weight is 628 g/mol. The minimum Gasteiger partial charge on any atom is -0.493 e. The van der Waals surface area contributed by atoms with Gasteiger partial charge in [0.2, 0.25) is 6.79 Å². The van der Waals surface area contributed by atoms with E-state index in [0.29, 0.717) is 12.3 Å². The number of benzene rings is 1. The first kappa shape index (κ1) is 36.5. The molecule has 0 amide bonds. The van der Waals surface area contributed by atoms with E-state index in [4.69, 9.17) is 14.6 Å². The zero-order valence-electron chi connectivity index (χ0n) is 28.2. The molecule has 3 aliphatic rings. The predicted molar refractivity (Wildman–Crippen MR) is 178 cm³/mol. The third-order valence-electron chi connectivity index (χ3n) is 9.06. The lowest BCUT2D eigenvalue weighted by atomic mass is 9.73. The number of hydrogen-bond acceptors (Lipinski definition) is 7. The van der Waals surface area contributed by atoms with Gasteiger partial charge in [-0.25, -0.2) is 4.79 Å². The number of methoxy groups -OCH3 is 1. The maximum Gasteiger partial charge on any atom is 0.508 e. The summed E-state index contributed by atoms with van der Waals surface area (Å²) in [6.07, 6.45) is 23.9. The molecule has 2 heterocycles. The van der Waals surface area contributed by atoms with Crippen LogP contribution in [0.5, 0.6) is 11.5 Å². The normalized spacial score (nSPS) is 19.9. The first-order valence-corrected chi connectivity index (χ1v) is 17.2. The fourth-order valence-electron chi connectivity index (χ4n) is 6.75. The first-order valence-electron chi connectivity index (χ1n) is 17.2. The Balaban J connectivity index is 0.000000249. The molecule has 0 spiro atoms. The van der Waals surface area contributed by atoms with Gasteiger partial charge in [-0.05, 0) is 76.1 Å². The monoisotopic (exact) mass is 627 g/mol. The molecule has 8 nitrogen and oxygen atoms in total. The number of esters is 1. The van der Waals surface area contributed by atoms with Crippen LogP contribution in [0.15, 0.2) is 35.9 Å². The second-order valence-electron chi connectivity index (χ2n) is 12.9. The molecule has 1 aromatic rings. The maximum atomic E-state index is 11.3. The van der Waals surface area contributed by atoms with Gasteiger partial charge >= 0.3 is 12.1 Å². The van der Waals surface area contributed by atoms with Gasteiger partial charge in [0, 0.05) is 31.0 Å². The second kappa shape index (κ2) is 19.5. The number of likely N-dealkylation sites (N-methyl/N-ethyl adjacent to an activating group) is 1.